The fraction of sp³-hybridized carbons (Fsp3) is 0.118. The minimum absolute atomic E-state index is 0.0820. The Hall–Kier alpha value is -3.15. The SMILES string of the molecule is O=C(NCCNc1ccc(-n2cccc2)nn1)c1ccccc1. The summed E-state index contributed by atoms with van der Waals surface area (Å²) < 4.78 is 1.89. The van der Waals surface area contributed by atoms with Crippen molar-refractivity contribution in [2.45, 2.75) is 0 Å². The molecule has 0 atom stereocenters. The molecule has 2 aromatic heterocycles. The van der Waals surface area contributed by atoms with Crippen LogP contribution >= 0.6 is 0 Å². The van der Waals surface area contributed by atoms with E-state index in [1.807, 2.05) is 59.4 Å². The highest BCUT2D eigenvalue weighted by Crippen LogP contribution is 2.06. The zero-order valence-corrected chi connectivity index (χ0v) is 12.5. The lowest BCUT2D eigenvalue weighted by atomic mass is 10.2. The Kier molecular flexibility index (Phi) is 4.63. The van der Waals surface area contributed by atoms with Crippen molar-refractivity contribution in [3.05, 3.63) is 72.6 Å². The number of nitrogens with zero attached hydrogens (tertiary/aromatic N) is 3. The molecule has 6 heteroatoms. The van der Waals surface area contributed by atoms with Gasteiger partial charge in [0.25, 0.3) is 5.91 Å². The van der Waals surface area contributed by atoms with Crippen molar-refractivity contribution >= 4 is 11.7 Å². The average molecular weight is 307 g/mol. The van der Waals surface area contributed by atoms with E-state index >= 15 is 0 Å². The third kappa shape index (κ3) is 3.94. The summed E-state index contributed by atoms with van der Waals surface area (Å²) in [6, 6.07) is 16.8. The third-order valence-corrected chi connectivity index (χ3v) is 3.27. The Morgan fingerprint density at radius 2 is 1.70 bits per heavy atom. The van der Waals surface area contributed by atoms with Crippen molar-refractivity contribution in [2.24, 2.45) is 0 Å². The van der Waals surface area contributed by atoms with Gasteiger partial charge in [0.05, 0.1) is 0 Å². The van der Waals surface area contributed by atoms with Gasteiger partial charge in [0, 0.05) is 31.0 Å². The molecule has 6 nitrogen and oxygen atoms in total. The molecule has 0 aliphatic carbocycles. The van der Waals surface area contributed by atoms with E-state index in [4.69, 9.17) is 0 Å². The van der Waals surface area contributed by atoms with Gasteiger partial charge in [-0.1, -0.05) is 18.2 Å². The summed E-state index contributed by atoms with van der Waals surface area (Å²) in [5.41, 5.74) is 0.656. The van der Waals surface area contributed by atoms with E-state index < -0.39 is 0 Å². The minimum Gasteiger partial charge on any atom is -0.367 e. The molecule has 0 saturated heterocycles. The first-order valence-electron chi connectivity index (χ1n) is 7.37. The van der Waals surface area contributed by atoms with Crippen molar-refractivity contribution in [3.8, 4) is 5.82 Å². The summed E-state index contributed by atoms with van der Waals surface area (Å²) in [6.45, 7) is 1.09. The second-order valence-electron chi connectivity index (χ2n) is 4.92. The number of carbonyl (C=O) groups is 1. The number of benzene rings is 1. The zero-order valence-electron chi connectivity index (χ0n) is 12.5. The van der Waals surface area contributed by atoms with E-state index in [1.54, 1.807) is 12.1 Å². The topological polar surface area (TPSA) is 71.8 Å². The molecule has 0 bridgehead atoms. The molecule has 2 heterocycles. The smallest absolute Gasteiger partial charge is 0.251 e. The molecule has 0 aliphatic heterocycles. The molecule has 0 unspecified atom stereocenters. The van der Waals surface area contributed by atoms with Crippen molar-refractivity contribution in [3.63, 3.8) is 0 Å². The van der Waals surface area contributed by atoms with Gasteiger partial charge in [-0.2, -0.15) is 0 Å². The van der Waals surface area contributed by atoms with E-state index in [2.05, 4.69) is 20.8 Å². The number of hydrogen-bond acceptors (Lipinski definition) is 4. The molecule has 0 fully saturated rings. The number of amides is 1. The Balaban J connectivity index is 1.45. The lowest BCUT2D eigenvalue weighted by molar-refractivity contribution is 0.0955. The molecule has 1 amide bonds. The highest BCUT2D eigenvalue weighted by Gasteiger charge is 2.03. The summed E-state index contributed by atoms with van der Waals surface area (Å²) in [4.78, 5) is 11.9. The molecule has 23 heavy (non-hydrogen) atoms. The predicted octanol–water partition coefficient (Wildman–Crippen LogP) is 2.11. The van der Waals surface area contributed by atoms with E-state index in [1.165, 1.54) is 0 Å². The monoisotopic (exact) mass is 307 g/mol. The molecular formula is C17H17N5O. The highest BCUT2D eigenvalue weighted by molar-refractivity contribution is 5.94. The van der Waals surface area contributed by atoms with E-state index in [9.17, 15) is 4.79 Å². The summed E-state index contributed by atoms with van der Waals surface area (Å²) in [5.74, 6) is 1.36. The number of hydrogen-bond donors (Lipinski definition) is 2. The van der Waals surface area contributed by atoms with Gasteiger partial charge in [-0.05, 0) is 36.4 Å². The largest absolute Gasteiger partial charge is 0.367 e. The Morgan fingerprint density at radius 3 is 2.39 bits per heavy atom. The van der Waals surface area contributed by atoms with E-state index in [-0.39, 0.29) is 5.91 Å². The first-order valence-corrected chi connectivity index (χ1v) is 7.37. The van der Waals surface area contributed by atoms with Crippen LogP contribution in [0.25, 0.3) is 5.82 Å². The molecule has 116 valence electrons. The maximum atomic E-state index is 11.9. The first kappa shape index (κ1) is 14.8. The summed E-state index contributed by atoms with van der Waals surface area (Å²) in [5, 5.41) is 14.2. The lowest BCUT2D eigenvalue weighted by Crippen LogP contribution is -2.28. The van der Waals surface area contributed by atoms with Gasteiger partial charge < -0.3 is 15.2 Å². The van der Waals surface area contributed by atoms with Crippen LogP contribution in [-0.4, -0.2) is 33.8 Å². The standard InChI is InChI=1S/C17H17N5O/c23-17(14-6-2-1-3-7-14)19-11-10-18-15-8-9-16(21-20-15)22-12-4-5-13-22/h1-9,12-13H,10-11H2,(H,18,20)(H,19,23). The van der Waals surface area contributed by atoms with Crippen LogP contribution in [0.1, 0.15) is 10.4 Å². The molecule has 2 N–H and O–H groups in total. The minimum atomic E-state index is -0.0820. The Labute approximate surface area is 134 Å². The van der Waals surface area contributed by atoms with Crippen molar-refractivity contribution < 1.29 is 4.79 Å². The van der Waals surface area contributed by atoms with Gasteiger partial charge in [-0.25, -0.2) is 0 Å². The van der Waals surface area contributed by atoms with Crippen molar-refractivity contribution in [2.75, 3.05) is 18.4 Å². The van der Waals surface area contributed by atoms with Crippen LogP contribution in [0.3, 0.4) is 0 Å². The van der Waals surface area contributed by atoms with Gasteiger partial charge >= 0.3 is 0 Å². The van der Waals surface area contributed by atoms with Crippen LogP contribution in [0.15, 0.2) is 67.0 Å². The highest BCUT2D eigenvalue weighted by atomic mass is 16.1. The van der Waals surface area contributed by atoms with Gasteiger partial charge in [0.15, 0.2) is 5.82 Å². The average Bonchev–Trinajstić information content (AvgIpc) is 3.14. The van der Waals surface area contributed by atoms with Crippen LogP contribution < -0.4 is 10.6 Å². The molecule has 0 aliphatic rings. The number of nitrogens with one attached hydrogen (secondary N) is 2. The van der Waals surface area contributed by atoms with Gasteiger partial charge in [-0.15, -0.1) is 10.2 Å². The Bertz CT molecular complexity index is 738. The van der Waals surface area contributed by atoms with Crippen LogP contribution in [0.5, 0.6) is 0 Å². The number of rotatable bonds is 6. The quantitative estimate of drug-likeness (QED) is 0.684. The third-order valence-electron chi connectivity index (χ3n) is 3.27. The molecule has 3 rings (SSSR count). The van der Waals surface area contributed by atoms with Crippen molar-refractivity contribution in [1.29, 1.82) is 0 Å². The summed E-state index contributed by atoms with van der Waals surface area (Å²) in [7, 11) is 0. The fourth-order valence-corrected chi connectivity index (χ4v) is 2.10. The van der Waals surface area contributed by atoms with Crippen LogP contribution in [0, 0.1) is 0 Å². The summed E-state index contributed by atoms with van der Waals surface area (Å²) in [6.07, 6.45) is 3.83. The van der Waals surface area contributed by atoms with Crippen LogP contribution in [0.2, 0.25) is 0 Å². The van der Waals surface area contributed by atoms with Gasteiger partial charge in [0.2, 0.25) is 0 Å². The fourth-order valence-electron chi connectivity index (χ4n) is 2.10. The second kappa shape index (κ2) is 7.22. The molecule has 0 radical (unpaired) electrons. The molecule has 1 aromatic carbocycles. The molecule has 0 saturated carbocycles. The second-order valence-corrected chi connectivity index (χ2v) is 4.92. The van der Waals surface area contributed by atoms with Crippen LogP contribution in [-0.2, 0) is 0 Å². The normalized spacial score (nSPS) is 10.3. The Morgan fingerprint density at radius 1 is 0.913 bits per heavy atom. The lowest BCUT2D eigenvalue weighted by Gasteiger charge is -2.07. The zero-order chi connectivity index (χ0) is 15.9. The van der Waals surface area contributed by atoms with E-state index in [0.29, 0.717) is 24.5 Å². The maximum Gasteiger partial charge on any atom is 0.251 e. The van der Waals surface area contributed by atoms with Gasteiger partial charge in [-0.3, -0.25) is 4.79 Å². The molecule has 0 spiro atoms. The number of aromatic nitrogens is 3. The van der Waals surface area contributed by atoms with E-state index in [0.717, 1.165) is 5.82 Å². The van der Waals surface area contributed by atoms with Crippen molar-refractivity contribution in [1.82, 2.24) is 20.1 Å². The maximum absolute atomic E-state index is 11.9. The van der Waals surface area contributed by atoms with Crippen LogP contribution in [0.4, 0.5) is 5.82 Å². The summed E-state index contributed by atoms with van der Waals surface area (Å²) >= 11 is 0. The predicted molar refractivity (Wildman–Crippen MR) is 88.6 cm³/mol. The number of anilines is 1. The molecular weight excluding hydrogens is 290 g/mol. The van der Waals surface area contributed by atoms with Gasteiger partial charge in [0.1, 0.15) is 5.82 Å². The first-order chi connectivity index (χ1) is 11.3. The molecule has 3 aromatic rings. The number of carbonyl (C=O) groups excluding carboxylic acids is 1.